The minimum atomic E-state index is 0.114. The molecule has 0 aliphatic heterocycles. The van der Waals surface area contributed by atoms with E-state index in [-0.39, 0.29) is 5.54 Å². The summed E-state index contributed by atoms with van der Waals surface area (Å²) < 4.78 is 0. The Kier molecular flexibility index (Phi) is 5.49. The number of nitrogens with one attached hydrogen (secondary N) is 1. The molecule has 0 aromatic heterocycles. The van der Waals surface area contributed by atoms with Gasteiger partial charge in [-0.3, -0.25) is 0 Å². The number of rotatable bonds is 4. The summed E-state index contributed by atoms with van der Waals surface area (Å²) in [6.07, 6.45) is 11.2. The van der Waals surface area contributed by atoms with Gasteiger partial charge in [-0.2, -0.15) is 0 Å². The first kappa shape index (κ1) is 16.3. The van der Waals surface area contributed by atoms with Crippen LogP contribution in [0.1, 0.15) is 71.6 Å². The van der Waals surface area contributed by atoms with Gasteiger partial charge in [0.25, 0.3) is 0 Å². The molecule has 2 rings (SSSR count). The standard InChI is InChI=1S/C17H34N2O/c1-16(2)8-5-9-17(13-18,11-10-16)19-15-7-4-3-6-14(15)12-20/h14-15,19-20H,3-13,18H2,1-2H3. The first-order chi connectivity index (χ1) is 9.50. The monoisotopic (exact) mass is 282 g/mol. The Morgan fingerprint density at radius 3 is 2.50 bits per heavy atom. The van der Waals surface area contributed by atoms with Crippen LogP contribution in [0, 0.1) is 11.3 Å². The molecule has 0 bridgehead atoms. The van der Waals surface area contributed by atoms with E-state index in [2.05, 4.69) is 19.2 Å². The fourth-order valence-electron chi connectivity index (χ4n) is 4.15. The van der Waals surface area contributed by atoms with E-state index in [1.54, 1.807) is 0 Å². The van der Waals surface area contributed by atoms with Gasteiger partial charge in [0.05, 0.1) is 0 Å². The third-order valence-electron chi connectivity index (χ3n) is 5.82. The quantitative estimate of drug-likeness (QED) is 0.695. The number of hydrogen-bond acceptors (Lipinski definition) is 3. The summed E-state index contributed by atoms with van der Waals surface area (Å²) in [5.41, 5.74) is 6.75. The molecule has 0 spiro atoms. The molecule has 20 heavy (non-hydrogen) atoms. The van der Waals surface area contributed by atoms with Crippen molar-refractivity contribution in [3.05, 3.63) is 0 Å². The Labute approximate surface area is 124 Å². The normalized spacial score (nSPS) is 38.4. The second-order valence-electron chi connectivity index (χ2n) is 7.98. The lowest BCUT2D eigenvalue weighted by Gasteiger charge is -2.41. The van der Waals surface area contributed by atoms with Gasteiger partial charge in [0.1, 0.15) is 0 Å². The molecule has 3 unspecified atom stereocenters. The van der Waals surface area contributed by atoms with E-state index in [0.29, 0.717) is 24.0 Å². The Hall–Kier alpha value is -0.120. The zero-order chi connectivity index (χ0) is 14.6. The molecule has 2 aliphatic rings. The number of aliphatic hydroxyl groups excluding tert-OH is 1. The lowest BCUT2D eigenvalue weighted by Crippen LogP contribution is -2.57. The van der Waals surface area contributed by atoms with E-state index in [1.165, 1.54) is 57.8 Å². The lowest BCUT2D eigenvalue weighted by atomic mass is 9.80. The Bertz CT molecular complexity index is 305. The van der Waals surface area contributed by atoms with E-state index in [4.69, 9.17) is 5.73 Å². The van der Waals surface area contributed by atoms with Gasteiger partial charge in [-0.15, -0.1) is 0 Å². The predicted octanol–water partition coefficient (Wildman–Crippen LogP) is 2.81. The van der Waals surface area contributed by atoms with Crippen molar-refractivity contribution in [2.24, 2.45) is 17.1 Å². The molecule has 2 aliphatic carbocycles. The second kappa shape index (κ2) is 6.76. The van der Waals surface area contributed by atoms with Crippen LogP contribution in [0.5, 0.6) is 0 Å². The molecular weight excluding hydrogens is 248 g/mol. The van der Waals surface area contributed by atoms with Crippen LogP contribution in [-0.2, 0) is 0 Å². The maximum Gasteiger partial charge on any atom is 0.0474 e. The molecule has 4 N–H and O–H groups in total. The molecule has 3 heteroatoms. The van der Waals surface area contributed by atoms with E-state index >= 15 is 0 Å². The van der Waals surface area contributed by atoms with Gasteiger partial charge in [0.15, 0.2) is 0 Å². The maximum atomic E-state index is 9.61. The van der Waals surface area contributed by atoms with Crippen LogP contribution < -0.4 is 11.1 Å². The minimum Gasteiger partial charge on any atom is -0.396 e. The summed E-state index contributed by atoms with van der Waals surface area (Å²) >= 11 is 0. The van der Waals surface area contributed by atoms with Crippen molar-refractivity contribution in [3.8, 4) is 0 Å². The van der Waals surface area contributed by atoms with Crippen LogP contribution in [0.2, 0.25) is 0 Å². The molecule has 0 amide bonds. The highest BCUT2D eigenvalue weighted by molar-refractivity contribution is 4.97. The number of aliphatic hydroxyl groups is 1. The molecule has 3 nitrogen and oxygen atoms in total. The summed E-state index contributed by atoms with van der Waals surface area (Å²) in [4.78, 5) is 0. The fourth-order valence-corrected chi connectivity index (χ4v) is 4.15. The summed E-state index contributed by atoms with van der Waals surface area (Å²) in [6.45, 7) is 5.83. The SMILES string of the molecule is CC1(C)CCCC(CN)(NC2CCCCC2CO)CC1. The Balaban J connectivity index is 2.02. The zero-order valence-corrected chi connectivity index (χ0v) is 13.5. The minimum absolute atomic E-state index is 0.114. The van der Waals surface area contributed by atoms with Gasteiger partial charge in [-0.25, -0.2) is 0 Å². The second-order valence-corrected chi connectivity index (χ2v) is 7.98. The van der Waals surface area contributed by atoms with Crippen LogP contribution >= 0.6 is 0 Å². The van der Waals surface area contributed by atoms with E-state index in [0.717, 1.165) is 6.54 Å². The molecule has 0 saturated heterocycles. The van der Waals surface area contributed by atoms with Crippen LogP contribution in [0.15, 0.2) is 0 Å². The molecule has 3 atom stereocenters. The highest BCUT2D eigenvalue weighted by Crippen LogP contribution is 2.39. The van der Waals surface area contributed by atoms with Crippen molar-refractivity contribution < 1.29 is 5.11 Å². The highest BCUT2D eigenvalue weighted by Gasteiger charge is 2.38. The van der Waals surface area contributed by atoms with Gasteiger partial charge in [0.2, 0.25) is 0 Å². The average Bonchev–Trinajstić information content (AvgIpc) is 2.59. The Morgan fingerprint density at radius 1 is 1.05 bits per heavy atom. The van der Waals surface area contributed by atoms with Crippen molar-refractivity contribution in [2.45, 2.75) is 83.2 Å². The van der Waals surface area contributed by atoms with Crippen molar-refractivity contribution in [1.82, 2.24) is 5.32 Å². The van der Waals surface area contributed by atoms with E-state index in [9.17, 15) is 5.11 Å². The molecule has 2 saturated carbocycles. The van der Waals surface area contributed by atoms with E-state index < -0.39 is 0 Å². The summed E-state index contributed by atoms with van der Waals surface area (Å²) in [5, 5.41) is 13.5. The molecule has 0 heterocycles. The smallest absolute Gasteiger partial charge is 0.0474 e. The van der Waals surface area contributed by atoms with Gasteiger partial charge in [-0.05, 0) is 49.9 Å². The number of hydrogen-bond donors (Lipinski definition) is 3. The topological polar surface area (TPSA) is 58.3 Å². The van der Waals surface area contributed by atoms with Gasteiger partial charge in [-0.1, -0.05) is 33.1 Å². The maximum absolute atomic E-state index is 9.61. The third-order valence-corrected chi connectivity index (χ3v) is 5.82. The average molecular weight is 282 g/mol. The molecule has 0 radical (unpaired) electrons. The Morgan fingerprint density at radius 2 is 1.80 bits per heavy atom. The van der Waals surface area contributed by atoms with E-state index in [1.807, 2.05) is 0 Å². The highest BCUT2D eigenvalue weighted by atomic mass is 16.3. The summed E-state index contributed by atoms with van der Waals surface area (Å²) in [6, 6.07) is 0.471. The van der Waals surface area contributed by atoms with Crippen molar-refractivity contribution in [3.63, 3.8) is 0 Å². The predicted molar refractivity (Wildman–Crippen MR) is 84.6 cm³/mol. The van der Waals surface area contributed by atoms with Crippen LogP contribution in [0.3, 0.4) is 0 Å². The first-order valence-electron chi connectivity index (χ1n) is 8.59. The van der Waals surface area contributed by atoms with Crippen LogP contribution in [-0.4, -0.2) is 29.8 Å². The molecule has 2 fully saturated rings. The van der Waals surface area contributed by atoms with Crippen LogP contribution in [0.25, 0.3) is 0 Å². The number of nitrogens with two attached hydrogens (primary N) is 1. The van der Waals surface area contributed by atoms with Crippen LogP contribution in [0.4, 0.5) is 0 Å². The lowest BCUT2D eigenvalue weighted by molar-refractivity contribution is 0.121. The fraction of sp³-hybridized carbons (Fsp3) is 1.00. The van der Waals surface area contributed by atoms with Gasteiger partial charge < -0.3 is 16.2 Å². The zero-order valence-electron chi connectivity index (χ0n) is 13.5. The van der Waals surface area contributed by atoms with Crippen molar-refractivity contribution >= 4 is 0 Å². The molecule has 118 valence electrons. The van der Waals surface area contributed by atoms with Crippen molar-refractivity contribution in [1.29, 1.82) is 0 Å². The third kappa shape index (κ3) is 3.96. The summed E-state index contributed by atoms with van der Waals surface area (Å²) in [5.74, 6) is 0.434. The molecule has 0 aromatic rings. The molecular formula is C17H34N2O. The molecule has 0 aromatic carbocycles. The largest absolute Gasteiger partial charge is 0.396 e. The van der Waals surface area contributed by atoms with Gasteiger partial charge in [0, 0.05) is 24.7 Å². The summed E-state index contributed by atoms with van der Waals surface area (Å²) in [7, 11) is 0. The van der Waals surface area contributed by atoms with Crippen molar-refractivity contribution in [2.75, 3.05) is 13.2 Å². The first-order valence-corrected chi connectivity index (χ1v) is 8.59. The van der Waals surface area contributed by atoms with Gasteiger partial charge >= 0.3 is 0 Å².